The van der Waals surface area contributed by atoms with Crippen LogP contribution in [0.4, 0.5) is 18.9 Å². The van der Waals surface area contributed by atoms with Crippen LogP contribution < -0.4 is 4.74 Å². The predicted molar refractivity (Wildman–Crippen MR) is 61.6 cm³/mol. The fourth-order valence-corrected chi connectivity index (χ4v) is 1.64. The van der Waals surface area contributed by atoms with Crippen molar-refractivity contribution in [2.75, 3.05) is 0 Å². The van der Waals surface area contributed by atoms with E-state index in [1.54, 1.807) is 0 Å². The second-order valence-corrected chi connectivity index (χ2v) is 4.28. The topological polar surface area (TPSA) is 103 Å². The van der Waals surface area contributed by atoms with Crippen LogP contribution in [0.5, 0.6) is 5.88 Å². The van der Waals surface area contributed by atoms with E-state index < -0.39 is 40.9 Å². The molecule has 0 fully saturated rings. The second-order valence-electron chi connectivity index (χ2n) is 3.12. The number of halogens is 4. The molecule has 0 aliphatic rings. The number of rotatable bonds is 4. The van der Waals surface area contributed by atoms with Gasteiger partial charge in [0, 0.05) is 6.07 Å². The summed E-state index contributed by atoms with van der Waals surface area (Å²) in [6.07, 6.45) is -5.91. The maximum Gasteiger partial charge on any atom is 0.574 e. The molecule has 0 atom stereocenters. The van der Waals surface area contributed by atoms with Crippen LogP contribution in [0, 0.1) is 13.7 Å². The first kappa shape index (κ1) is 15.4. The Morgan fingerprint density at radius 1 is 1.58 bits per heavy atom. The first-order valence-corrected chi connectivity index (χ1v) is 5.49. The molecule has 0 amide bonds. The molecule has 1 rings (SSSR count). The van der Waals surface area contributed by atoms with E-state index in [0.29, 0.717) is 0 Å². The zero-order valence-electron chi connectivity index (χ0n) is 8.77. The zero-order valence-corrected chi connectivity index (χ0v) is 10.9. The van der Waals surface area contributed by atoms with Gasteiger partial charge >= 0.3 is 12.3 Å². The lowest BCUT2D eigenvalue weighted by molar-refractivity contribution is -0.386. The lowest BCUT2D eigenvalue weighted by atomic mass is 10.2. The Morgan fingerprint density at radius 3 is 2.58 bits per heavy atom. The number of nitro groups is 1. The number of pyridine rings is 1. The van der Waals surface area contributed by atoms with Gasteiger partial charge in [-0.2, -0.15) is 0 Å². The smallest absolute Gasteiger partial charge is 0.481 e. The Morgan fingerprint density at radius 2 is 2.16 bits per heavy atom. The lowest BCUT2D eigenvalue weighted by Crippen LogP contribution is -2.19. The summed E-state index contributed by atoms with van der Waals surface area (Å²) >= 11 is 1.37. The number of aliphatic carboxylic acids is 1. The van der Waals surface area contributed by atoms with E-state index in [-0.39, 0.29) is 3.57 Å². The highest BCUT2D eigenvalue weighted by atomic mass is 127. The Labute approximate surface area is 116 Å². The van der Waals surface area contributed by atoms with Crippen molar-refractivity contribution in [3.05, 3.63) is 25.4 Å². The van der Waals surface area contributed by atoms with Crippen molar-refractivity contribution in [3.63, 3.8) is 0 Å². The summed E-state index contributed by atoms with van der Waals surface area (Å²) in [6, 6.07) is 0.771. The standard InChI is InChI=1S/C8H4F3IN2O5/c9-8(10,11)19-7-3(12)1-5(14(17)18)4(13-7)2-6(15)16/h1H,2H2,(H,15,16). The Hall–Kier alpha value is -1.66. The molecule has 0 aliphatic heterocycles. The molecular formula is C8H4F3IN2O5. The van der Waals surface area contributed by atoms with E-state index in [0.717, 1.165) is 6.07 Å². The summed E-state index contributed by atoms with van der Waals surface area (Å²) < 4.78 is 39.5. The van der Waals surface area contributed by atoms with E-state index in [2.05, 4.69) is 9.72 Å². The first-order chi connectivity index (χ1) is 8.60. The fraction of sp³-hybridized carbons (Fsp3) is 0.250. The van der Waals surface area contributed by atoms with E-state index in [1.807, 2.05) is 0 Å². The summed E-state index contributed by atoms with van der Waals surface area (Å²) in [6.45, 7) is 0. The molecule has 1 aromatic heterocycles. The predicted octanol–water partition coefficient (Wildman–Crippen LogP) is 2.12. The maximum atomic E-state index is 12.1. The number of carboxylic acid groups (broad SMARTS) is 1. The average molecular weight is 392 g/mol. The highest BCUT2D eigenvalue weighted by molar-refractivity contribution is 14.1. The van der Waals surface area contributed by atoms with Gasteiger partial charge in [0.05, 0.1) is 14.9 Å². The number of aromatic nitrogens is 1. The average Bonchev–Trinajstić information content (AvgIpc) is 2.19. The number of ether oxygens (including phenoxy) is 1. The molecule has 0 aliphatic carbocycles. The third-order valence-corrected chi connectivity index (χ3v) is 2.50. The van der Waals surface area contributed by atoms with Gasteiger partial charge in [0.1, 0.15) is 5.69 Å². The first-order valence-electron chi connectivity index (χ1n) is 4.41. The zero-order chi connectivity index (χ0) is 14.8. The molecule has 0 radical (unpaired) electrons. The minimum atomic E-state index is -5.02. The van der Waals surface area contributed by atoms with Crippen molar-refractivity contribution < 1.29 is 32.7 Å². The third kappa shape index (κ3) is 4.50. The molecule has 1 aromatic rings. The van der Waals surface area contributed by atoms with Crippen LogP contribution in [-0.4, -0.2) is 27.3 Å². The number of carboxylic acids is 1. The van der Waals surface area contributed by atoms with Gasteiger partial charge in [0.25, 0.3) is 5.69 Å². The lowest BCUT2D eigenvalue weighted by Gasteiger charge is -2.10. The van der Waals surface area contributed by atoms with Gasteiger partial charge in [-0.25, -0.2) is 4.98 Å². The highest BCUT2D eigenvalue weighted by Crippen LogP contribution is 2.30. The molecule has 19 heavy (non-hydrogen) atoms. The molecule has 0 unspecified atom stereocenters. The van der Waals surface area contributed by atoms with Crippen LogP contribution in [0.25, 0.3) is 0 Å². The van der Waals surface area contributed by atoms with E-state index in [1.165, 1.54) is 22.6 Å². The highest BCUT2D eigenvalue weighted by Gasteiger charge is 2.34. The summed E-state index contributed by atoms with van der Waals surface area (Å²) in [4.78, 5) is 23.5. The van der Waals surface area contributed by atoms with Crippen molar-refractivity contribution in [1.82, 2.24) is 4.98 Å². The van der Waals surface area contributed by atoms with Crippen LogP contribution in [0.15, 0.2) is 6.07 Å². The number of alkyl halides is 3. The third-order valence-electron chi connectivity index (χ3n) is 1.73. The molecule has 0 aromatic carbocycles. The normalized spacial score (nSPS) is 11.2. The number of hydrogen-bond acceptors (Lipinski definition) is 5. The van der Waals surface area contributed by atoms with Gasteiger partial charge in [0.15, 0.2) is 0 Å². The molecule has 0 saturated heterocycles. The van der Waals surface area contributed by atoms with Crippen molar-refractivity contribution in [2.45, 2.75) is 12.8 Å². The Kier molecular flexibility index (Phi) is 4.49. The van der Waals surface area contributed by atoms with Crippen molar-refractivity contribution in [2.24, 2.45) is 0 Å². The molecule has 11 heteroatoms. The minimum absolute atomic E-state index is 0.254. The summed E-state index contributed by atoms with van der Waals surface area (Å²) in [7, 11) is 0. The molecule has 7 nitrogen and oxygen atoms in total. The number of nitrogens with zero attached hydrogens (tertiary/aromatic N) is 2. The van der Waals surface area contributed by atoms with Crippen LogP contribution in [-0.2, 0) is 11.2 Å². The quantitative estimate of drug-likeness (QED) is 0.479. The fourth-order valence-electron chi connectivity index (χ4n) is 1.11. The van der Waals surface area contributed by atoms with E-state index in [9.17, 15) is 28.1 Å². The van der Waals surface area contributed by atoms with Crippen LogP contribution >= 0.6 is 22.6 Å². The molecular weight excluding hydrogens is 388 g/mol. The van der Waals surface area contributed by atoms with Gasteiger partial charge in [0.2, 0.25) is 5.88 Å². The maximum absolute atomic E-state index is 12.1. The van der Waals surface area contributed by atoms with Gasteiger partial charge in [-0.1, -0.05) is 0 Å². The van der Waals surface area contributed by atoms with Crippen LogP contribution in [0.1, 0.15) is 5.69 Å². The molecule has 0 saturated carbocycles. The largest absolute Gasteiger partial charge is 0.574 e. The molecule has 104 valence electrons. The van der Waals surface area contributed by atoms with E-state index in [4.69, 9.17) is 5.11 Å². The minimum Gasteiger partial charge on any atom is -0.481 e. The molecule has 0 spiro atoms. The summed E-state index contributed by atoms with van der Waals surface area (Å²) in [5, 5.41) is 19.2. The molecule has 1 heterocycles. The van der Waals surface area contributed by atoms with E-state index >= 15 is 0 Å². The Balaban J connectivity index is 3.29. The molecule has 0 bridgehead atoms. The Bertz CT molecular complexity index is 534. The van der Waals surface area contributed by atoms with Crippen molar-refractivity contribution in [3.8, 4) is 5.88 Å². The van der Waals surface area contributed by atoms with Crippen molar-refractivity contribution >= 4 is 34.2 Å². The SMILES string of the molecule is O=C(O)Cc1nc(OC(F)(F)F)c(I)cc1[N+](=O)[O-]. The van der Waals surface area contributed by atoms with Crippen LogP contribution in [0.3, 0.4) is 0 Å². The van der Waals surface area contributed by atoms with Gasteiger partial charge in [-0.15, -0.1) is 13.2 Å². The monoisotopic (exact) mass is 392 g/mol. The van der Waals surface area contributed by atoms with Crippen LogP contribution in [0.2, 0.25) is 0 Å². The number of carbonyl (C=O) groups is 1. The van der Waals surface area contributed by atoms with Gasteiger partial charge in [-0.3, -0.25) is 14.9 Å². The summed E-state index contributed by atoms with van der Waals surface area (Å²) in [5.41, 5.74) is -1.29. The molecule has 1 N–H and O–H groups in total. The second kappa shape index (κ2) is 5.54. The van der Waals surface area contributed by atoms with Crippen molar-refractivity contribution in [1.29, 1.82) is 0 Å². The van der Waals surface area contributed by atoms with Gasteiger partial charge in [-0.05, 0) is 22.6 Å². The number of hydrogen-bond donors (Lipinski definition) is 1. The van der Waals surface area contributed by atoms with Gasteiger partial charge < -0.3 is 9.84 Å². The summed E-state index contributed by atoms with van der Waals surface area (Å²) in [5.74, 6) is -2.38.